The van der Waals surface area contributed by atoms with Crippen LogP contribution in [-0.4, -0.2) is 63.9 Å². The lowest BCUT2D eigenvalue weighted by atomic mass is 10.1. The lowest BCUT2D eigenvalue weighted by Gasteiger charge is -2.40. The van der Waals surface area contributed by atoms with E-state index in [1.54, 1.807) is 16.0 Å². The number of para-hydroxylation sites is 2. The molecule has 0 aliphatic carbocycles. The normalized spacial score (nSPS) is 17.9. The van der Waals surface area contributed by atoms with Crippen molar-refractivity contribution in [1.29, 1.82) is 0 Å². The molecule has 8 heteroatoms. The molecule has 2 aliphatic rings. The molecule has 27 heavy (non-hydrogen) atoms. The van der Waals surface area contributed by atoms with Crippen LogP contribution in [-0.2, 0) is 0 Å². The average Bonchev–Trinajstić information content (AvgIpc) is 3.22. The Kier molecular flexibility index (Phi) is 3.53. The van der Waals surface area contributed by atoms with Crippen LogP contribution in [0.4, 0.5) is 16.3 Å². The van der Waals surface area contributed by atoms with Gasteiger partial charge in [-0.25, -0.2) is 14.8 Å². The molecule has 2 fully saturated rings. The maximum Gasteiger partial charge on any atom is 0.324 e. The van der Waals surface area contributed by atoms with Crippen molar-refractivity contribution < 1.29 is 4.79 Å². The van der Waals surface area contributed by atoms with Crippen molar-refractivity contribution in [2.24, 2.45) is 0 Å². The van der Waals surface area contributed by atoms with E-state index in [9.17, 15) is 4.79 Å². The Hall–Kier alpha value is -3.16. The van der Waals surface area contributed by atoms with E-state index in [-0.39, 0.29) is 12.1 Å². The minimum atomic E-state index is 0.0341. The number of aryl methyl sites for hydroxylation is 1. The number of nitrogens with zero attached hydrogens (tertiary/aromatic N) is 7. The lowest BCUT2D eigenvalue weighted by molar-refractivity contribution is 0.229. The van der Waals surface area contributed by atoms with Crippen molar-refractivity contribution in [1.82, 2.24) is 24.6 Å². The second kappa shape index (κ2) is 5.94. The van der Waals surface area contributed by atoms with E-state index in [1.807, 2.05) is 49.1 Å². The molecule has 2 saturated heterocycles. The maximum absolute atomic E-state index is 12.1. The molecule has 3 aromatic rings. The van der Waals surface area contributed by atoms with Crippen LogP contribution in [0, 0.1) is 6.92 Å². The second-order valence-electron chi connectivity index (χ2n) is 7.21. The Balaban J connectivity index is 1.31. The Morgan fingerprint density at radius 3 is 2.52 bits per heavy atom. The standard InChI is InChI=1S/C19H21N7O/c1-13-18(22-17-6-4-3-5-16(17)21-13)24-10-15(11-24)26-12-14(9-20-26)25-8-7-23(2)19(25)27/h3-6,9,12,15H,7-8,10-11H2,1-2H3. The number of carbonyl (C=O) groups excluding carboxylic acids is 1. The summed E-state index contributed by atoms with van der Waals surface area (Å²) in [6.07, 6.45) is 3.75. The number of likely N-dealkylation sites (N-methyl/N-ethyl adjacent to an activating group) is 1. The zero-order chi connectivity index (χ0) is 18.5. The van der Waals surface area contributed by atoms with Gasteiger partial charge in [-0.1, -0.05) is 12.1 Å². The summed E-state index contributed by atoms with van der Waals surface area (Å²) in [7, 11) is 1.82. The summed E-state index contributed by atoms with van der Waals surface area (Å²) in [5.74, 6) is 0.939. The van der Waals surface area contributed by atoms with Gasteiger partial charge in [-0.3, -0.25) is 9.58 Å². The van der Waals surface area contributed by atoms with Gasteiger partial charge < -0.3 is 9.80 Å². The number of aromatic nitrogens is 4. The zero-order valence-corrected chi connectivity index (χ0v) is 15.4. The SMILES string of the molecule is Cc1nc2ccccc2nc1N1CC(n2cc(N3CCN(C)C3=O)cn2)C1. The van der Waals surface area contributed by atoms with Crippen molar-refractivity contribution >= 4 is 28.6 Å². The molecule has 4 heterocycles. The fraction of sp³-hybridized carbons (Fsp3) is 0.368. The predicted octanol–water partition coefficient (Wildman–Crippen LogP) is 2.07. The summed E-state index contributed by atoms with van der Waals surface area (Å²) >= 11 is 0. The monoisotopic (exact) mass is 363 g/mol. The van der Waals surface area contributed by atoms with E-state index in [1.165, 1.54) is 0 Å². The van der Waals surface area contributed by atoms with Crippen molar-refractivity contribution in [3.8, 4) is 0 Å². The number of rotatable bonds is 3. The van der Waals surface area contributed by atoms with E-state index in [2.05, 4.69) is 15.0 Å². The van der Waals surface area contributed by atoms with Gasteiger partial charge in [0.25, 0.3) is 0 Å². The number of amides is 2. The third kappa shape index (κ3) is 2.59. The highest BCUT2D eigenvalue weighted by Gasteiger charge is 2.33. The first-order chi connectivity index (χ1) is 13.1. The van der Waals surface area contributed by atoms with Gasteiger partial charge in [-0.15, -0.1) is 0 Å². The summed E-state index contributed by atoms with van der Waals surface area (Å²) in [4.78, 5) is 27.3. The molecule has 8 nitrogen and oxygen atoms in total. The highest BCUT2D eigenvalue weighted by atomic mass is 16.2. The summed E-state index contributed by atoms with van der Waals surface area (Å²) in [5, 5.41) is 4.48. The second-order valence-corrected chi connectivity index (χ2v) is 7.21. The quantitative estimate of drug-likeness (QED) is 0.712. The van der Waals surface area contributed by atoms with E-state index in [4.69, 9.17) is 4.98 Å². The number of benzene rings is 1. The predicted molar refractivity (Wildman–Crippen MR) is 103 cm³/mol. The number of hydrogen-bond donors (Lipinski definition) is 0. The van der Waals surface area contributed by atoms with Gasteiger partial charge >= 0.3 is 6.03 Å². The van der Waals surface area contributed by atoms with Gasteiger partial charge in [0.2, 0.25) is 0 Å². The largest absolute Gasteiger partial charge is 0.351 e. The number of urea groups is 1. The van der Waals surface area contributed by atoms with Crippen LogP contribution in [0.1, 0.15) is 11.7 Å². The Bertz CT molecular complexity index is 1020. The van der Waals surface area contributed by atoms with E-state index in [0.717, 1.165) is 47.9 Å². The Morgan fingerprint density at radius 1 is 1.07 bits per heavy atom. The molecule has 2 amide bonds. The molecular weight excluding hydrogens is 342 g/mol. The van der Waals surface area contributed by atoms with Crippen LogP contribution in [0.5, 0.6) is 0 Å². The molecule has 0 saturated carbocycles. The van der Waals surface area contributed by atoms with Crippen LogP contribution in [0.25, 0.3) is 11.0 Å². The average molecular weight is 363 g/mol. The summed E-state index contributed by atoms with van der Waals surface area (Å²) in [6, 6.07) is 8.26. The fourth-order valence-electron chi connectivity index (χ4n) is 3.73. The molecule has 2 aromatic heterocycles. The number of hydrogen-bond acceptors (Lipinski definition) is 5. The third-order valence-corrected chi connectivity index (χ3v) is 5.37. The zero-order valence-electron chi connectivity index (χ0n) is 15.4. The molecular formula is C19H21N7O. The van der Waals surface area contributed by atoms with Crippen LogP contribution >= 0.6 is 0 Å². The highest BCUT2D eigenvalue weighted by molar-refractivity contribution is 5.93. The maximum atomic E-state index is 12.1. The molecule has 0 radical (unpaired) electrons. The topological polar surface area (TPSA) is 70.4 Å². The number of carbonyl (C=O) groups is 1. The van der Waals surface area contributed by atoms with Gasteiger partial charge in [0.1, 0.15) is 0 Å². The Morgan fingerprint density at radius 2 is 1.81 bits per heavy atom. The van der Waals surface area contributed by atoms with Gasteiger partial charge in [0, 0.05) is 39.4 Å². The summed E-state index contributed by atoms with van der Waals surface area (Å²) in [5.41, 5.74) is 3.65. The van der Waals surface area contributed by atoms with Gasteiger partial charge in [0.15, 0.2) is 5.82 Å². The smallest absolute Gasteiger partial charge is 0.324 e. The molecule has 0 spiro atoms. The molecule has 5 rings (SSSR count). The van der Waals surface area contributed by atoms with Crippen molar-refractivity contribution in [2.75, 3.05) is 43.0 Å². The van der Waals surface area contributed by atoms with Crippen molar-refractivity contribution in [3.05, 3.63) is 42.4 Å². The van der Waals surface area contributed by atoms with Crippen molar-refractivity contribution in [2.45, 2.75) is 13.0 Å². The number of anilines is 2. The van der Waals surface area contributed by atoms with Crippen molar-refractivity contribution in [3.63, 3.8) is 0 Å². The summed E-state index contributed by atoms with van der Waals surface area (Å²) in [6.45, 7) is 5.14. The van der Waals surface area contributed by atoms with E-state index in [0.29, 0.717) is 6.54 Å². The van der Waals surface area contributed by atoms with E-state index < -0.39 is 0 Å². The minimum absolute atomic E-state index is 0.0341. The minimum Gasteiger partial charge on any atom is -0.351 e. The first kappa shape index (κ1) is 16.0. The molecule has 0 N–H and O–H groups in total. The first-order valence-corrected chi connectivity index (χ1v) is 9.15. The molecule has 138 valence electrons. The molecule has 0 unspecified atom stereocenters. The van der Waals surface area contributed by atoms with Crippen LogP contribution in [0.3, 0.4) is 0 Å². The molecule has 1 aromatic carbocycles. The highest BCUT2D eigenvalue weighted by Crippen LogP contribution is 2.30. The van der Waals surface area contributed by atoms with Gasteiger partial charge in [-0.05, 0) is 19.1 Å². The lowest BCUT2D eigenvalue weighted by Crippen LogP contribution is -2.48. The third-order valence-electron chi connectivity index (χ3n) is 5.37. The van der Waals surface area contributed by atoms with Crippen LogP contribution in [0.2, 0.25) is 0 Å². The molecule has 0 atom stereocenters. The van der Waals surface area contributed by atoms with Crippen LogP contribution in [0.15, 0.2) is 36.7 Å². The van der Waals surface area contributed by atoms with Crippen LogP contribution < -0.4 is 9.80 Å². The van der Waals surface area contributed by atoms with Gasteiger partial charge in [0.05, 0.1) is 34.7 Å². The van der Waals surface area contributed by atoms with E-state index >= 15 is 0 Å². The number of fused-ring (bicyclic) bond motifs is 1. The first-order valence-electron chi connectivity index (χ1n) is 9.15. The Labute approximate surface area is 157 Å². The molecule has 2 aliphatic heterocycles. The van der Waals surface area contributed by atoms with Gasteiger partial charge in [-0.2, -0.15) is 5.10 Å². The molecule has 0 bridgehead atoms. The summed E-state index contributed by atoms with van der Waals surface area (Å²) < 4.78 is 1.96. The fourth-order valence-corrected chi connectivity index (χ4v) is 3.73.